The van der Waals surface area contributed by atoms with Crippen molar-refractivity contribution in [2.75, 3.05) is 26.7 Å². The molecule has 3 heterocycles. The molecule has 0 spiro atoms. The lowest BCUT2D eigenvalue weighted by Gasteiger charge is -2.48. The second-order valence-corrected chi connectivity index (χ2v) is 7.20. The van der Waals surface area contributed by atoms with Crippen molar-refractivity contribution in [3.8, 4) is 0 Å². The van der Waals surface area contributed by atoms with Crippen molar-refractivity contribution in [2.45, 2.75) is 44.7 Å². The molecule has 3 aliphatic heterocycles. The summed E-state index contributed by atoms with van der Waals surface area (Å²) in [5.41, 5.74) is 0.720. The van der Waals surface area contributed by atoms with Crippen molar-refractivity contribution in [3.63, 3.8) is 0 Å². The van der Waals surface area contributed by atoms with Crippen LogP contribution in [0.15, 0.2) is 0 Å². The predicted molar refractivity (Wildman–Crippen MR) is 65.3 cm³/mol. The zero-order valence-corrected chi connectivity index (χ0v) is 10.7. The molecule has 0 aromatic rings. The van der Waals surface area contributed by atoms with Gasteiger partial charge in [-0.2, -0.15) is 0 Å². The monoisotopic (exact) mass is 220 g/mol. The first-order valence-electron chi connectivity index (χ1n) is 7.10. The van der Waals surface area contributed by atoms with Crippen LogP contribution in [0.3, 0.4) is 0 Å². The maximum atomic E-state index is 2.80. The minimum atomic E-state index is 0.720. The Kier molecular flexibility index (Phi) is 1.87. The standard InChI is InChI=1S/C14H24N2/c1-10-5-14(6-13(14)15(10)2)9-16-7-11-3-12(4-11)8-16/h10-13H,3-9H2,1-2H3. The lowest BCUT2D eigenvalue weighted by Crippen LogP contribution is -2.50. The van der Waals surface area contributed by atoms with Crippen LogP contribution in [0, 0.1) is 17.3 Å². The number of rotatable bonds is 2. The van der Waals surface area contributed by atoms with Crippen LogP contribution < -0.4 is 0 Å². The van der Waals surface area contributed by atoms with Gasteiger partial charge in [-0.3, -0.25) is 0 Å². The van der Waals surface area contributed by atoms with E-state index in [-0.39, 0.29) is 0 Å². The average Bonchev–Trinajstić information content (AvgIpc) is 2.83. The Morgan fingerprint density at radius 2 is 1.81 bits per heavy atom. The summed E-state index contributed by atoms with van der Waals surface area (Å²) in [7, 11) is 2.33. The molecule has 0 aromatic heterocycles. The van der Waals surface area contributed by atoms with Gasteiger partial charge in [0.1, 0.15) is 0 Å². The number of likely N-dealkylation sites (tertiary alicyclic amines) is 1. The van der Waals surface area contributed by atoms with Gasteiger partial charge in [-0.05, 0) is 51.5 Å². The first-order valence-corrected chi connectivity index (χ1v) is 7.10. The summed E-state index contributed by atoms with van der Waals surface area (Å²) < 4.78 is 0. The lowest BCUT2D eigenvalue weighted by atomic mass is 9.71. The Bertz CT molecular complexity index is 300. The third-order valence-corrected chi connectivity index (χ3v) is 5.94. The van der Waals surface area contributed by atoms with Gasteiger partial charge in [-0.25, -0.2) is 0 Å². The molecule has 0 N–H and O–H groups in total. The molecule has 2 saturated carbocycles. The Morgan fingerprint density at radius 1 is 1.12 bits per heavy atom. The molecule has 0 radical (unpaired) electrons. The van der Waals surface area contributed by atoms with E-state index in [0.29, 0.717) is 0 Å². The van der Waals surface area contributed by atoms with Crippen molar-refractivity contribution < 1.29 is 0 Å². The second kappa shape index (κ2) is 3.02. The smallest absolute Gasteiger partial charge is 0.0171 e. The first-order chi connectivity index (χ1) is 7.66. The van der Waals surface area contributed by atoms with Crippen molar-refractivity contribution in [2.24, 2.45) is 17.3 Å². The quantitative estimate of drug-likeness (QED) is 0.700. The molecule has 5 rings (SSSR count). The summed E-state index contributed by atoms with van der Waals surface area (Å²) in [4.78, 5) is 5.43. The Balaban J connectivity index is 1.42. The van der Waals surface area contributed by atoms with Gasteiger partial charge in [0, 0.05) is 37.1 Å². The Hall–Kier alpha value is -0.0800. The van der Waals surface area contributed by atoms with Crippen molar-refractivity contribution in [1.29, 1.82) is 0 Å². The van der Waals surface area contributed by atoms with E-state index in [1.54, 1.807) is 12.8 Å². The summed E-state index contributed by atoms with van der Waals surface area (Å²) in [5, 5.41) is 0. The molecule has 90 valence electrons. The molecule has 3 atom stereocenters. The summed E-state index contributed by atoms with van der Waals surface area (Å²) in [6.45, 7) is 6.66. The van der Waals surface area contributed by atoms with E-state index in [4.69, 9.17) is 0 Å². The van der Waals surface area contributed by atoms with Crippen LogP contribution >= 0.6 is 0 Å². The topological polar surface area (TPSA) is 6.48 Å². The molecule has 3 saturated heterocycles. The predicted octanol–water partition coefficient (Wildman–Crippen LogP) is 1.81. The SMILES string of the molecule is CC1CC2(CN3CC4CC(C4)C3)CC2N1C. The molecule has 2 bridgehead atoms. The molecule has 0 aromatic carbocycles. The van der Waals surface area contributed by atoms with Crippen LogP contribution in [0.2, 0.25) is 0 Å². The van der Waals surface area contributed by atoms with Crippen LogP contribution in [-0.4, -0.2) is 48.6 Å². The van der Waals surface area contributed by atoms with Gasteiger partial charge < -0.3 is 9.80 Å². The van der Waals surface area contributed by atoms with Crippen LogP contribution in [-0.2, 0) is 0 Å². The highest BCUT2D eigenvalue weighted by atomic mass is 15.3. The normalized spacial score (nSPS) is 55.9. The number of nitrogens with zero attached hydrogens (tertiary/aromatic N) is 2. The molecule has 0 amide bonds. The van der Waals surface area contributed by atoms with E-state index in [1.165, 1.54) is 32.5 Å². The van der Waals surface area contributed by atoms with E-state index >= 15 is 0 Å². The fraction of sp³-hybridized carbons (Fsp3) is 1.00. The van der Waals surface area contributed by atoms with Gasteiger partial charge in [0.05, 0.1) is 0 Å². The van der Waals surface area contributed by atoms with Gasteiger partial charge in [-0.15, -0.1) is 0 Å². The van der Waals surface area contributed by atoms with Crippen molar-refractivity contribution in [3.05, 3.63) is 0 Å². The van der Waals surface area contributed by atoms with Crippen LogP contribution in [0.1, 0.15) is 32.6 Å². The molecule has 5 fully saturated rings. The van der Waals surface area contributed by atoms with Gasteiger partial charge in [0.15, 0.2) is 0 Å². The summed E-state index contributed by atoms with van der Waals surface area (Å²) in [5.74, 6) is 2.15. The fourth-order valence-electron chi connectivity index (χ4n) is 4.95. The molecular formula is C14H24N2. The van der Waals surface area contributed by atoms with E-state index in [2.05, 4.69) is 23.8 Å². The number of fused-ring (bicyclic) bond motifs is 3. The van der Waals surface area contributed by atoms with Crippen LogP contribution in [0.5, 0.6) is 0 Å². The molecule has 3 unspecified atom stereocenters. The Morgan fingerprint density at radius 3 is 2.38 bits per heavy atom. The van der Waals surface area contributed by atoms with Gasteiger partial charge in [0.2, 0.25) is 0 Å². The number of hydrogen-bond acceptors (Lipinski definition) is 2. The largest absolute Gasteiger partial charge is 0.302 e. The first kappa shape index (κ1) is 9.90. The average molecular weight is 220 g/mol. The molecule has 2 heteroatoms. The summed E-state index contributed by atoms with van der Waals surface area (Å²) in [6.07, 6.45) is 6.03. The van der Waals surface area contributed by atoms with Crippen LogP contribution in [0.4, 0.5) is 0 Å². The van der Waals surface area contributed by atoms with Gasteiger partial charge >= 0.3 is 0 Å². The zero-order valence-electron chi connectivity index (χ0n) is 10.7. The maximum Gasteiger partial charge on any atom is 0.0171 e. The van der Waals surface area contributed by atoms with E-state index in [0.717, 1.165) is 29.3 Å². The lowest BCUT2D eigenvalue weighted by molar-refractivity contribution is 0.0156. The fourth-order valence-corrected chi connectivity index (χ4v) is 4.95. The highest BCUT2D eigenvalue weighted by Crippen LogP contribution is 2.59. The maximum absolute atomic E-state index is 2.80. The third kappa shape index (κ3) is 1.26. The summed E-state index contributed by atoms with van der Waals surface area (Å²) >= 11 is 0. The molecule has 2 nitrogen and oxygen atoms in total. The van der Waals surface area contributed by atoms with Crippen molar-refractivity contribution in [1.82, 2.24) is 9.80 Å². The second-order valence-electron chi connectivity index (χ2n) is 7.20. The highest BCUT2D eigenvalue weighted by molar-refractivity contribution is 5.16. The van der Waals surface area contributed by atoms with E-state index < -0.39 is 0 Å². The molecule has 2 aliphatic carbocycles. The molecule has 16 heavy (non-hydrogen) atoms. The molecule has 5 aliphatic rings. The summed E-state index contributed by atoms with van der Waals surface area (Å²) in [6, 6.07) is 1.76. The van der Waals surface area contributed by atoms with E-state index in [1.807, 2.05) is 0 Å². The van der Waals surface area contributed by atoms with E-state index in [9.17, 15) is 0 Å². The highest BCUT2D eigenvalue weighted by Gasteiger charge is 2.62. The van der Waals surface area contributed by atoms with Gasteiger partial charge in [-0.1, -0.05) is 0 Å². The molecular weight excluding hydrogens is 196 g/mol. The van der Waals surface area contributed by atoms with Crippen LogP contribution in [0.25, 0.3) is 0 Å². The minimum Gasteiger partial charge on any atom is -0.302 e. The third-order valence-electron chi connectivity index (χ3n) is 5.94. The minimum absolute atomic E-state index is 0.720. The number of hydrogen-bond donors (Lipinski definition) is 0. The Labute approximate surface area is 99.0 Å². The van der Waals surface area contributed by atoms with Gasteiger partial charge in [0.25, 0.3) is 0 Å². The van der Waals surface area contributed by atoms with Crippen molar-refractivity contribution >= 4 is 0 Å². The number of piperidine rings is 3. The zero-order chi connectivity index (χ0) is 10.9.